The van der Waals surface area contributed by atoms with E-state index in [1.807, 2.05) is 13.0 Å². The molecule has 0 aliphatic heterocycles. The summed E-state index contributed by atoms with van der Waals surface area (Å²) in [7, 11) is 0. The van der Waals surface area contributed by atoms with Crippen molar-refractivity contribution in [2.45, 2.75) is 6.92 Å². The first kappa shape index (κ1) is 7.79. The van der Waals surface area contributed by atoms with Crippen LogP contribution in [0.4, 0.5) is 0 Å². The van der Waals surface area contributed by atoms with Gasteiger partial charge < -0.3 is 5.11 Å². The van der Waals surface area contributed by atoms with Gasteiger partial charge in [-0.3, -0.25) is 4.57 Å². The molecule has 0 atom stereocenters. The summed E-state index contributed by atoms with van der Waals surface area (Å²) in [6.07, 6.45) is 3.50. The van der Waals surface area contributed by atoms with Gasteiger partial charge in [-0.1, -0.05) is 6.07 Å². The number of hydrogen-bond acceptors (Lipinski definition) is 3. The minimum absolute atomic E-state index is 0.0191. The molecule has 0 bridgehead atoms. The fourth-order valence-corrected chi connectivity index (χ4v) is 1.17. The zero-order valence-corrected chi connectivity index (χ0v) is 7.18. The number of pyridine rings is 1. The molecule has 4 heteroatoms. The Hall–Kier alpha value is -1.84. The first-order valence-electron chi connectivity index (χ1n) is 3.94. The van der Waals surface area contributed by atoms with Gasteiger partial charge in [-0.2, -0.15) is 4.98 Å². The van der Waals surface area contributed by atoms with Gasteiger partial charge >= 0.3 is 0 Å². The van der Waals surface area contributed by atoms with E-state index in [0.29, 0.717) is 5.82 Å². The van der Waals surface area contributed by atoms with Gasteiger partial charge in [0.1, 0.15) is 11.6 Å². The molecule has 0 aliphatic carbocycles. The number of imidazole rings is 1. The molecular formula is C9H9N3O. The van der Waals surface area contributed by atoms with Crippen molar-refractivity contribution in [3.05, 3.63) is 36.4 Å². The quantitative estimate of drug-likeness (QED) is 0.710. The van der Waals surface area contributed by atoms with Crippen molar-refractivity contribution in [3.63, 3.8) is 0 Å². The van der Waals surface area contributed by atoms with Gasteiger partial charge in [0.25, 0.3) is 0 Å². The molecule has 0 fully saturated rings. The number of aryl methyl sites for hydroxylation is 1. The lowest BCUT2D eigenvalue weighted by molar-refractivity contribution is 0.452. The minimum Gasteiger partial charge on any atom is -0.493 e. The Morgan fingerprint density at radius 2 is 2.23 bits per heavy atom. The molecule has 13 heavy (non-hydrogen) atoms. The number of aromatic hydroxyl groups is 1. The smallest absolute Gasteiger partial charge is 0.212 e. The Morgan fingerprint density at radius 3 is 2.85 bits per heavy atom. The average molecular weight is 175 g/mol. The van der Waals surface area contributed by atoms with E-state index in [1.165, 1.54) is 6.07 Å². The molecule has 2 aromatic rings. The van der Waals surface area contributed by atoms with E-state index in [1.54, 1.807) is 23.0 Å². The molecule has 66 valence electrons. The second-order valence-electron chi connectivity index (χ2n) is 2.70. The SMILES string of the molecule is Cc1nccn1-c1cccc(O)n1. The lowest BCUT2D eigenvalue weighted by Crippen LogP contribution is -1.97. The van der Waals surface area contributed by atoms with Crippen LogP contribution in [-0.2, 0) is 0 Å². The highest BCUT2D eigenvalue weighted by atomic mass is 16.3. The van der Waals surface area contributed by atoms with Crippen molar-refractivity contribution in [2.24, 2.45) is 0 Å². The van der Waals surface area contributed by atoms with Crippen LogP contribution in [0.2, 0.25) is 0 Å². The first-order valence-corrected chi connectivity index (χ1v) is 3.94. The summed E-state index contributed by atoms with van der Waals surface area (Å²) in [5.74, 6) is 1.54. The summed E-state index contributed by atoms with van der Waals surface area (Å²) in [5.41, 5.74) is 0. The molecule has 2 heterocycles. The van der Waals surface area contributed by atoms with Crippen LogP contribution < -0.4 is 0 Å². The highest BCUT2D eigenvalue weighted by Gasteiger charge is 2.01. The van der Waals surface area contributed by atoms with Crippen LogP contribution in [0.3, 0.4) is 0 Å². The van der Waals surface area contributed by atoms with Crippen molar-refractivity contribution in [1.29, 1.82) is 0 Å². The Bertz CT molecular complexity index is 422. The Labute approximate surface area is 75.5 Å². The largest absolute Gasteiger partial charge is 0.493 e. The molecule has 0 unspecified atom stereocenters. The van der Waals surface area contributed by atoms with Crippen LogP contribution in [0.1, 0.15) is 5.82 Å². The van der Waals surface area contributed by atoms with E-state index in [2.05, 4.69) is 9.97 Å². The predicted molar refractivity (Wildman–Crippen MR) is 47.8 cm³/mol. The summed E-state index contributed by atoms with van der Waals surface area (Å²) in [5, 5.41) is 9.16. The third kappa shape index (κ3) is 1.38. The van der Waals surface area contributed by atoms with E-state index < -0.39 is 0 Å². The summed E-state index contributed by atoms with van der Waals surface area (Å²) in [4.78, 5) is 8.02. The van der Waals surface area contributed by atoms with E-state index in [-0.39, 0.29) is 5.88 Å². The number of aromatic nitrogens is 3. The second-order valence-corrected chi connectivity index (χ2v) is 2.70. The van der Waals surface area contributed by atoms with E-state index in [4.69, 9.17) is 5.11 Å². The molecule has 0 spiro atoms. The number of rotatable bonds is 1. The van der Waals surface area contributed by atoms with Crippen molar-refractivity contribution < 1.29 is 5.11 Å². The summed E-state index contributed by atoms with van der Waals surface area (Å²) in [6, 6.07) is 5.10. The van der Waals surface area contributed by atoms with Gasteiger partial charge in [0.2, 0.25) is 5.88 Å². The molecule has 0 saturated heterocycles. The van der Waals surface area contributed by atoms with Gasteiger partial charge in [0.05, 0.1) is 0 Å². The normalized spacial score (nSPS) is 10.2. The van der Waals surface area contributed by atoms with Gasteiger partial charge in [0.15, 0.2) is 0 Å². The van der Waals surface area contributed by atoms with Crippen molar-refractivity contribution >= 4 is 0 Å². The topological polar surface area (TPSA) is 50.9 Å². The summed E-state index contributed by atoms with van der Waals surface area (Å²) in [6.45, 7) is 1.88. The van der Waals surface area contributed by atoms with E-state index in [0.717, 1.165) is 5.82 Å². The van der Waals surface area contributed by atoms with Gasteiger partial charge in [-0.15, -0.1) is 0 Å². The second kappa shape index (κ2) is 2.90. The van der Waals surface area contributed by atoms with Gasteiger partial charge in [0, 0.05) is 18.5 Å². The predicted octanol–water partition coefficient (Wildman–Crippen LogP) is 1.28. The average Bonchev–Trinajstić information content (AvgIpc) is 2.51. The van der Waals surface area contributed by atoms with Crippen LogP contribution >= 0.6 is 0 Å². The molecule has 0 amide bonds. The maximum absolute atomic E-state index is 9.16. The molecule has 2 rings (SSSR count). The van der Waals surface area contributed by atoms with E-state index in [9.17, 15) is 0 Å². The van der Waals surface area contributed by atoms with Crippen LogP contribution in [-0.4, -0.2) is 19.6 Å². The fraction of sp³-hybridized carbons (Fsp3) is 0.111. The molecule has 0 aliphatic rings. The monoisotopic (exact) mass is 175 g/mol. The zero-order valence-electron chi connectivity index (χ0n) is 7.18. The molecule has 0 radical (unpaired) electrons. The maximum atomic E-state index is 9.16. The third-order valence-corrected chi connectivity index (χ3v) is 1.79. The standard InChI is InChI=1S/C9H9N3O/c1-7-10-5-6-12(7)8-3-2-4-9(13)11-8/h2-6H,1H3,(H,11,13). The third-order valence-electron chi connectivity index (χ3n) is 1.79. The molecular weight excluding hydrogens is 166 g/mol. The molecule has 0 aromatic carbocycles. The Morgan fingerprint density at radius 1 is 1.38 bits per heavy atom. The van der Waals surface area contributed by atoms with E-state index >= 15 is 0 Å². The summed E-state index contributed by atoms with van der Waals surface area (Å²) >= 11 is 0. The molecule has 2 aromatic heterocycles. The Kier molecular flexibility index (Phi) is 1.73. The van der Waals surface area contributed by atoms with Crippen LogP contribution in [0.15, 0.2) is 30.6 Å². The lowest BCUT2D eigenvalue weighted by Gasteiger charge is -2.02. The first-order chi connectivity index (χ1) is 6.27. The van der Waals surface area contributed by atoms with Gasteiger partial charge in [-0.05, 0) is 13.0 Å². The van der Waals surface area contributed by atoms with Crippen molar-refractivity contribution in [1.82, 2.24) is 14.5 Å². The maximum Gasteiger partial charge on any atom is 0.212 e. The van der Waals surface area contributed by atoms with Crippen molar-refractivity contribution in [2.75, 3.05) is 0 Å². The zero-order chi connectivity index (χ0) is 9.26. The lowest BCUT2D eigenvalue weighted by atomic mass is 10.4. The van der Waals surface area contributed by atoms with Crippen LogP contribution in [0.25, 0.3) is 5.82 Å². The summed E-state index contributed by atoms with van der Waals surface area (Å²) < 4.78 is 1.81. The van der Waals surface area contributed by atoms with Crippen LogP contribution in [0.5, 0.6) is 5.88 Å². The molecule has 4 nitrogen and oxygen atoms in total. The number of nitrogens with zero attached hydrogens (tertiary/aromatic N) is 3. The minimum atomic E-state index is 0.0191. The van der Waals surface area contributed by atoms with Crippen molar-refractivity contribution in [3.8, 4) is 11.7 Å². The highest BCUT2D eigenvalue weighted by Crippen LogP contribution is 2.10. The Balaban J connectivity index is 2.53. The highest BCUT2D eigenvalue weighted by molar-refractivity contribution is 5.27. The van der Waals surface area contributed by atoms with Gasteiger partial charge in [-0.25, -0.2) is 4.98 Å². The van der Waals surface area contributed by atoms with Crippen LogP contribution in [0, 0.1) is 6.92 Å². The number of hydrogen-bond donors (Lipinski definition) is 1. The fourth-order valence-electron chi connectivity index (χ4n) is 1.17. The molecule has 0 saturated carbocycles. The molecule has 1 N–H and O–H groups in total.